The molecule has 1 aromatic carbocycles. The average Bonchev–Trinajstić information content (AvgIpc) is 2.03. The minimum atomic E-state index is -0.218. The lowest BCUT2D eigenvalue weighted by Gasteiger charge is -2.13. The number of hydrogen-bond donors (Lipinski definition) is 1. The van der Waals surface area contributed by atoms with E-state index in [1.165, 1.54) is 0 Å². The van der Waals surface area contributed by atoms with Gasteiger partial charge in [0.1, 0.15) is 0 Å². The molecule has 0 aromatic heterocycles. The number of rotatable bonds is 2. The Hall–Kier alpha value is -0.500. The van der Waals surface area contributed by atoms with Gasteiger partial charge in [0.2, 0.25) is 0 Å². The minimum Gasteiger partial charge on any atom is -0.321 e. The second kappa shape index (κ2) is 4.14. The molecule has 13 heavy (non-hydrogen) atoms. The van der Waals surface area contributed by atoms with E-state index in [4.69, 9.17) is 28.9 Å². The molecule has 1 rings (SSSR count). The molecule has 0 spiro atoms. The molecule has 3 heteroatoms. The smallest absolute Gasteiger partial charge is 0.0520 e. The highest BCUT2D eigenvalue weighted by molar-refractivity contribution is 6.35. The van der Waals surface area contributed by atoms with E-state index < -0.39 is 0 Å². The zero-order chi connectivity index (χ0) is 10.0. The van der Waals surface area contributed by atoms with Crippen LogP contribution in [-0.4, -0.2) is 0 Å². The summed E-state index contributed by atoms with van der Waals surface area (Å²) in [5.41, 5.74) is 7.60. The fourth-order valence-corrected chi connectivity index (χ4v) is 1.55. The lowest BCUT2D eigenvalue weighted by atomic mass is 10.0. The second-order valence-electron chi connectivity index (χ2n) is 2.99. The van der Waals surface area contributed by atoms with Crippen LogP contribution < -0.4 is 5.73 Å². The van der Waals surface area contributed by atoms with Crippen molar-refractivity contribution >= 4 is 23.2 Å². The predicted octanol–water partition coefficient (Wildman–Crippen LogP) is 3.57. The minimum absolute atomic E-state index is 0.218. The Morgan fingerprint density at radius 3 is 2.54 bits per heavy atom. The molecular formula is C10H11Cl2N. The van der Waals surface area contributed by atoms with Gasteiger partial charge in [-0.25, -0.2) is 0 Å². The molecule has 0 saturated carbocycles. The summed E-state index contributed by atoms with van der Waals surface area (Å²) in [5, 5.41) is 1.20. The fourth-order valence-electron chi connectivity index (χ4n) is 1.02. The van der Waals surface area contributed by atoms with Gasteiger partial charge in [-0.3, -0.25) is 0 Å². The first-order valence-electron chi connectivity index (χ1n) is 3.88. The van der Waals surface area contributed by atoms with Crippen molar-refractivity contribution < 1.29 is 0 Å². The standard InChI is InChI=1S/C10H11Cl2N/c1-6(2)10(13)8-4-3-7(11)5-9(8)12/h3-5,10H,1,13H2,2H3. The SMILES string of the molecule is C=C(C)C(N)c1ccc(Cl)cc1Cl. The van der Waals surface area contributed by atoms with Gasteiger partial charge in [0.15, 0.2) is 0 Å². The van der Waals surface area contributed by atoms with E-state index in [9.17, 15) is 0 Å². The Morgan fingerprint density at radius 2 is 2.08 bits per heavy atom. The third-order valence-electron chi connectivity index (χ3n) is 1.83. The molecule has 0 aliphatic heterocycles. The molecule has 2 N–H and O–H groups in total. The van der Waals surface area contributed by atoms with Crippen molar-refractivity contribution in [2.24, 2.45) is 5.73 Å². The van der Waals surface area contributed by atoms with Crippen LogP contribution in [0.5, 0.6) is 0 Å². The van der Waals surface area contributed by atoms with Crippen LogP contribution in [0, 0.1) is 0 Å². The van der Waals surface area contributed by atoms with E-state index in [-0.39, 0.29) is 6.04 Å². The highest BCUT2D eigenvalue weighted by Crippen LogP contribution is 2.27. The van der Waals surface area contributed by atoms with Crippen molar-refractivity contribution in [1.29, 1.82) is 0 Å². The average molecular weight is 216 g/mol. The second-order valence-corrected chi connectivity index (χ2v) is 3.83. The van der Waals surface area contributed by atoms with Crippen LogP contribution in [0.4, 0.5) is 0 Å². The molecule has 70 valence electrons. The largest absolute Gasteiger partial charge is 0.321 e. The van der Waals surface area contributed by atoms with Crippen molar-refractivity contribution in [3.8, 4) is 0 Å². The third-order valence-corrected chi connectivity index (χ3v) is 2.39. The van der Waals surface area contributed by atoms with Crippen LogP contribution in [-0.2, 0) is 0 Å². The van der Waals surface area contributed by atoms with E-state index in [1.807, 2.05) is 13.0 Å². The highest BCUT2D eigenvalue weighted by Gasteiger charge is 2.10. The summed E-state index contributed by atoms with van der Waals surface area (Å²) in [6, 6.07) is 5.06. The van der Waals surface area contributed by atoms with Crippen molar-refractivity contribution in [3.05, 3.63) is 46.0 Å². The zero-order valence-electron chi connectivity index (χ0n) is 7.35. The van der Waals surface area contributed by atoms with E-state index >= 15 is 0 Å². The first-order chi connectivity index (χ1) is 6.02. The zero-order valence-corrected chi connectivity index (χ0v) is 8.86. The molecule has 0 amide bonds. The molecule has 1 nitrogen and oxygen atoms in total. The van der Waals surface area contributed by atoms with Gasteiger partial charge in [0, 0.05) is 10.0 Å². The van der Waals surface area contributed by atoms with Crippen LogP contribution in [0.3, 0.4) is 0 Å². The van der Waals surface area contributed by atoms with Crippen molar-refractivity contribution in [3.63, 3.8) is 0 Å². The Bertz CT molecular complexity index is 334. The normalized spacial score (nSPS) is 12.6. The summed E-state index contributed by atoms with van der Waals surface area (Å²) in [6.07, 6.45) is 0. The Labute approximate surface area is 88.1 Å². The highest BCUT2D eigenvalue weighted by atomic mass is 35.5. The Morgan fingerprint density at radius 1 is 1.46 bits per heavy atom. The summed E-state index contributed by atoms with van der Waals surface area (Å²) >= 11 is 11.7. The number of benzene rings is 1. The molecule has 0 fully saturated rings. The topological polar surface area (TPSA) is 26.0 Å². The van der Waals surface area contributed by atoms with Crippen molar-refractivity contribution in [2.45, 2.75) is 13.0 Å². The van der Waals surface area contributed by atoms with Gasteiger partial charge in [-0.1, -0.05) is 41.4 Å². The van der Waals surface area contributed by atoms with E-state index in [1.54, 1.807) is 12.1 Å². The predicted molar refractivity (Wildman–Crippen MR) is 58.2 cm³/mol. The van der Waals surface area contributed by atoms with Gasteiger partial charge in [0.25, 0.3) is 0 Å². The summed E-state index contributed by atoms with van der Waals surface area (Å²) in [4.78, 5) is 0. The molecule has 0 bridgehead atoms. The number of nitrogens with two attached hydrogens (primary N) is 1. The summed E-state index contributed by atoms with van der Waals surface area (Å²) in [6.45, 7) is 5.65. The Balaban J connectivity index is 3.08. The van der Waals surface area contributed by atoms with E-state index in [0.29, 0.717) is 10.0 Å². The van der Waals surface area contributed by atoms with Gasteiger partial charge in [0.05, 0.1) is 6.04 Å². The molecule has 1 aromatic rings. The molecule has 0 aliphatic carbocycles. The maximum atomic E-state index is 5.96. The molecule has 0 saturated heterocycles. The van der Waals surface area contributed by atoms with Crippen LogP contribution in [0.25, 0.3) is 0 Å². The Kier molecular flexibility index (Phi) is 3.37. The van der Waals surface area contributed by atoms with Gasteiger partial charge in [-0.15, -0.1) is 0 Å². The van der Waals surface area contributed by atoms with Gasteiger partial charge >= 0.3 is 0 Å². The van der Waals surface area contributed by atoms with E-state index in [0.717, 1.165) is 11.1 Å². The number of hydrogen-bond acceptors (Lipinski definition) is 1. The molecule has 0 radical (unpaired) electrons. The van der Waals surface area contributed by atoms with Gasteiger partial charge in [-0.2, -0.15) is 0 Å². The van der Waals surface area contributed by atoms with Crippen molar-refractivity contribution in [1.82, 2.24) is 0 Å². The molecule has 0 aliphatic rings. The quantitative estimate of drug-likeness (QED) is 0.751. The monoisotopic (exact) mass is 215 g/mol. The van der Waals surface area contributed by atoms with Crippen LogP contribution >= 0.6 is 23.2 Å². The van der Waals surface area contributed by atoms with Gasteiger partial charge in [-0.05, 0) is 24.6 Å². The van der Waals surface area contributed by atoms with Crippen LogP contribution in [0.1, 0.15) is 18.5 Å². The maximum absolute atomic E-state index is 5.96. The first kappa shape index (κ1) is 10.6. The van der Waals surface area contributed by atoms with Gasteiger partial charge < -0.3 is 5.73 Å². The van der Waals surface area contributed by atoms with E-state index in [2.05, 4.69) is 6.58 Å². The molecule has 1 unspecified atom stereocenters. The summed E-state index contributed by atoms with van der Waals surface area (Å²) in [5.74, 6) is 0. The summed E-state index contributed by atoms with van der Waals surface area (Å²) in [7, 11) is 0. The first-order valence-corrected chi connectivity index (χ1v) is 4.64. The fraction of sp³-hybridized carbons (Fsp3) is 0.200. The van der Waals surface area contributed by atoms with Crippen LogP contribution in [0.2, 0.25) is 10.0 Å². The lowest BCUT2D eigenvalue weighted by molar-refractivity contribution is 0.851. The van der Waals surface area contributed by atoms with Crippen LogP contribution in [0.15, 0.2) is 30.4 Å². The molecule has 0 heterocycles. The summed E-state index contributed by atoms with van der Waals surface area (Å²) < 4.78 is 0. The third kappa shape index (κ3) is 2.47. The maximum Gasteiger partial charge on any atom is 0.0520 e. The molecule has 1 atom stereocenters. The molecular weight excluding hydrogens is 205 g/mol. The number of halogens is 2. The lowest BCUT2D eigenvalue weighted by Crippen LogP contribution is -2.11. The van der Waals surface area contributed by atoms with Crippen molar-refractivity contribution in [2.75, 3.05) is 0 Å².